The number of carbonyl (C=O) groups excluding carboxylic acids is 2. The highest BCUT2D eigenvalue weighted by molar-refractivity contribution is 5.95. The van der Waals surface area contributed by atoms with Crippen molar-refractivity contribution in [3.63, 3.8) is 0 Å². The van der Waals surface area contributed by atoms with Gasteiger partial charge in [0.2, 0.25) is 11.8 Å². The predicted octanol–water partition coefficient (Wildman–Crippen LogP) is 0.0905. The number of fused-ring (bicyclic) bond motifs is 1. The van der Waals surface area contributed by atoms with Crippen molar-refractivity contribution < 1.29 is 9.59 Å². The molecule has 7 heteroatoms. The van der Waals surface area contributed by atoms with Crippen LogP contribution >= 0.6 is 0 Å². The van der Waals surface area contributed by atoms with Crippen LogP contribution in [0.4, 0.5) is 5.82 Å². The molecule has 2 aliphatic rings. The lowest BCUT2D eigenvalue weighted by atomic mass is 9.98. The lowest BCUT2D eigenvalue weighted by molar-refractivity contribution is -0.158. The van der Waals surface area contributed by atoms with Gasteiger partial charge in [0.15, 0.2) is 0 Å². The molecule has 2 aliphatic heterocycles. The summed E-state index contributed by atoms with van der Waals surface area (Å²) in [6.07, 6.45) is 2.72. The smallest absolute Gasteiger partial charge is 0.246 e. The second-order valence-corrected chi connectivity index (χ2v) is 5.64. The van der Waals surface area contributed by atoms with Gasteiger partial charge in [0.05, 0.1) is 6.54 Å². The Morgan fingerprint density at radius 3 is 2.90 bits per heavy atom. The zero-order valence-corrected chi connectivity index (χ0v) is 12.1. The molecule has 0 aromatic carbocycles. The first kappa shape index (κ1) is 13.8. The van der Waals surface area contributed by atoms with E-state index in [1.54, 1.807) is 15.9 Å². The molecule has 3 rings (SSSR count). The fourth-order valence-electron chi connectivity index (χ4n) is 3.06. The summed E-state index contributed by atoms with van der Waals surface area (Å²) in [6.45, 7) is 2.86. The summed E-state index contributed by atoms with van der Waals surface area (Å²) < 4.78 is 0. The van der Waals surface area contributed by atoms with Gasteiger partial charge in [-0.05, 0) is 26.2 Å². The van der Waals surface area contributed by atoms with Gasteiger partial charge in [0, 0.05) is 18.3 Å². The molecule has 1 aromatic rings. The summed E-state index contributed by atoms with van der Waals surface area (Å²) in [7, 11) is 0. The van der Waals surface area contributed by atoms with Gasteiger partial charge >= 0.3 is 0 Å². The minimum absolute atomic E-state index is 0.00187. The van der Waals surface area contributed by atoms with E-state index in [1.165, 1.54) is 0 Å². The van der Waals surface area contributed by atoms with Crippen LogP contribution in [-0.4, -0.2) is 50.7 Å². The molecule has 2 fully saturated rings. The minimum atomic E-state index is -0.304. The fraction of sp³-hybridized carbons (Fsp3) is 0.571. The standard InChI is InChI=1S/C14H19N5O2/c1-9-6-11(15)17-12(16-9)7-18-8-13(20)19-5-3-2-4-10(19)14(18)21/h6,10H,2-5,7-8H2,1H3,(H2,15,16,17). The Balaban J connectivity index is 1.79. The van der Waals surface area contributed by atoms with E-state index in [0.717, 1.165) is 25.0 Å². The summed E-state index contributed by atoms with van der Waals surface area (Å²) in [6, 6.07) is 1.37. The van der Waals surface area contributed by atoms with Gasteiger partial charge in [-0.3, -0.25) is 9.59 Å². The summed E-state index contributed by atoms with van der Waals surface area (Å²) in [5.41, 5.74) is 6.46. The van der Waals surface area contributed by atoms with Gasteiger partial charge in [0.25, 0.3) is 0 Å². The lowest BCUT2D eigenvalue weighted by Crippen LogP contribution is -2.60. The maximum atomic E-state index is 12.5. The number of nitrogens with zero attached hydrogens (tertiary/aromatic N) is 4. The first-order valence-corrected chi connectivity index (χ1v) is 7.23. The van der Waals surface area contributed by atoms with Crippen LogP contribution in [0.2, 0.25) is 0 Å². The normalized spacial score (nSPS) is 22.4. The number of piperidine rings is 1. The number of nitrogens with two attached hydrogens (primary N) is 1. The van der Waals surface area contributed by atoms with Crippen LogP contribution < -0.4 is 5.73 Å². The SMILES string of the molecule is Cc1cc(N)nc(CN2CC(=O)N3CCCCC3C2=O)n1. The molecule has 0 radical (unpaired) electrons. The number of aromatic nitrogens is 2. The number of nitrogen functional groups attached to an aromatic ring is 1. The number of carbonyl (C=O) groups is 2. The van der Waals surface area contributed by atoms with Gasteiger partial charge in [-0.1, -0.05) is 0 Å². The molecule has 1 aromatic heterocycles. The zero-order valence-electron chi connectivity index (χ0n) is 12.1. The summed E-state index contributed by atoms with van der Waals surface area (Å²) >= 11 is 0. The molecular formula is C14H19N5O2. The Bertz CT molecular complexity index is 568. The number of hydrogen-bond acceptors (Lipinski definition) is 5. The van der Waals surface area contributed by atoms with E-state index in [9.17, 15) is 9.59 Å². The highest BCUT2D eigenvalue weighted by atomic mass is 16.2. The van der Waals surface area contributed by atoms with Crippen LogP contribution in [0.5, 0.6) is 0 Å². The Morgan fingerprint density at radius 2 is 2.14 bits per heavy atom. The van der Waals surface area contributed by atoms with Gasteiger partial charge in [0.1, 0.15) is 24.2 Å². The van der Waals surface area contributed by atoms with Crippen molar-refractivity contribution in [3.8, 4) is 0 Å². The zero-order chi connectivity index (χ0) is 15.0. The maximum absolute atomic E-state index is 12.5. The molecule has 2 saturated heterocycles. The monoisotopic (exact) mass is 289 g/mol. The van der Waals surface area contributed by atoms with Crippen LogP contribution in [0.15, 0.2) is 6.07 Å². The van der Waals surface area contributed by atoms with E-state index in [2.05, 4.69) is 9.97 Å². The van der Waals surface area contributed by atoms with E-state index in [1.807, 2.05) is 6.92 Å². The molecular weight excluding hydrogens is 270 g/mol. The molecule has 0 spiro atoms. The average molecular weight is 289 g/mol. The predicted molar refractivity (Wildman–Crippen MR) is 76.0 cm³/mol. The third kappa shape index (κ3) is 2.68. The molecule has 2 amide bonds. The number of hydrogen-bond donors (Lipinski definition) is 1. The van der Waals surface area contributed by atoms with Crippen molar-refractivity contribution in [1.29, 1.82) is 0 Å². The summed E-state index contributed by atoms with van der Waals surface area (Å²) in [5, 5.41) is 0. The van der Waals surface area contributed by atoms with Crippen LogP contribution in [0.1, 0.15) is 30.8 Å². The minimum Gasteiger partial charge on any atom is -0.384 e. The van der Waals surface area contributed by atoms with Crippen molar-refractivity contribution in [2.24, 2.45) is 0 Å². The van der Waals surface area contributed by atoms with E-state index in [4.69, 9.17) is 5.73 Å². The van der Waals surface area contributed by atoms with E-state index in [-0.39, 0.29) is 30.9 Å². The molecule has 0 bridgehead atoms. The number of aryl methyl sites for hydroxylation is 1. The third-order valence-corrected chi connectivity index (χ3v) is 4.00. The Morgan fingerprint density at radius 1 is 1.33 bits per heavy atom. The topological polar surface area (TPSA) is 92.4 Å². The number of piperazine rings is 1. The van der Waals surface area contributed by atoms with Gasteiger partial charge in [-0.15, -0.1) is 0 Å². The largest absolute Gasteiger partial charge is 0.384 e. The second-order valence-electron chi connectivity index (χ2n) is 5.64. The van der Waals surface area contributed by atoms with E-state index in [0.29, 0.717) is 18.2 Å². The fourth-order valence-corrected chi connectivity index (χ4v) is 3.06. The summed E-state index contributed by atoms with van der Waals surface area (Å²) in [5.74, 6) is 0.878. The Labute approximate surface area is 123 Å². The lowest BCUT2D eigenvalue weighted by Gasteiger charge is -2.42. The quantitative estimate of drug-likeness (QED) is 0.833. The van der Waals surface area contributed by atoms with Crippen LogP contribution in [-0.2, 0) is 16.1 Å². The average Bonchev–Trinajstić information content (AvgIpc) is 2.43. The molecule has 112 valence electrons. The Kier molecular flexibility index (Phi) is 3.48. The van der Waals surface area contributed by atoms with Gasteiger partial charge in [-0.2, -0.15) is 0 Å². The van der Waals surface area contributed by atoms with E-state index >= 15 is 0 Å². The highest BCUT2D eigenvalue weighted by Gasteiger charge is 2.40. The van der Waals surface area contributed by atoms with Crippen molar-refractivity contribution in [2.75, 3.05) is 18.8 Å². The highest BCUT2D eigenvalue weighted by Crippen LogP contribution is 2.23. The van der Waals surface area contributed by atoms with Crippen molar-refractivity contribution in [2.45, 2.75) is 38.8 Å². The van der Waals surface area contributed by atoms with Crippen molar-refractivity contribution >= 4 is 17.6 Å². The molecule has 21 heavy (non-hydrogen) atoms. The van der Waals surface area contributed by atoms with Crippen molar-refractivity contribution in [1.82, 2.24) is 19.8 Å². The number of anilines is 1. The van der Waals surface area contributed by atoms with Crippen LogP contribution in [0, 0.1) is 6.92 Å². The molecule has 0 aliphatic carbocycles. The van der Waals surface area contributed by atoms with Gasteiger partial charge < -0.3 is 15.5 Å². The molecule has 3 heterocycles. The molecule has 1 atom stereocenters. The molecule has 1 unspecified atom stereocenters. The molecule has 0 saturated carbocycles. The van der Waals surface area contributed by atoms with Gasteiger partial charge in [-0.25, -0.2) is 9.97 Å². The second kappa shape index (κ2) is 5.31. The third-order valence-electron chi connectivity index (χ3n) is 4.00. The molecule has 7 nitrogen and oxygen atoms in total. The Hall–Kier alpha value is -2.18. The maximum Gasteiger partial charge on any atom is 0.246 e. The van der Waals surface area contributed by atoms with E-state index < -0.39 is 0 Å². The number of rotatable bonds is 2. The number of amides is 2. The summed E-state index contributed by atoms with van der Waals surface area (Å²) in [4.78, 5) is 36.4. The first-order chi connectivity index (χ1) is 10.0. The van der Waals surface area contributed by atoms with Crippen molar-refractivity contribution in [3.05, 3.63) is 17.6 Å². The van der Waals surface area contributed by atoms with Crippen LogP contribution in [0.3, 0.4) is 0 Å². The first-order valence-electron chi connectivity index (χ1n) is 7.23. The molecule has 2 N–H and O–H groups in total. The van der Waals surface area contributed by atoms with Crippen LogP contribution in [0.25, 0.3) is 0 Å².